The molecule has 20 heavy (non-hydrogen) atoms. The Labute approximate surface area is 115 Å². The molecule has 0 N–H and O–H groups in total. The van der Waals surface area contributed by atoms with Crippen LogP contribution in [0.25, 0.3) is 0 Å². The zero-order valence-electron chi connectivity index (χ0n) is 11.3. The number of rotatable bonds is 4. The first-order valence-corrected chi connectivity index (χ1v) is 6.22. The number of fused-ring (bicyclic) bond motifs is 1. The summed E-state index contributed by atoms with van der Waals surface area (Å²) in [5, 5.41) is 11.1. The van der Waals surface area contributed by atoms with Crippen LogP contribution in [-0.2, 0) is 16.0 Å². The maximum Gasteiger partial charge on any atom is 0.312 e. The van der Waals surface area contributed by atoms with Crippen molar-refractivity contribution in [3.8, 4) is 11.5 Å². The lowest BCUT2D eigenvalue weighted by atomic mass is 9.95. The molecule has 0 saturated carbocycles. The predicted molar refractivity (Wildman–Crippen MR) is 69.0 cm³/mol. The topological polar surface area (TPSA) is 87.9 Å². The van der Waals surface area contributed by atoms with Gasteiger partial charge in [-0.3, -0.25) is 14.9 Å². The fourth-order valence-corrected chi connectivity index (χ4v) is 2.18. The van der Waals surface area contributed by atoms with Crippen molar-refractivity contribution in [2.24, 2.45) is 5.92 Å². The van der Waals surface area contributed by atoms with Crippen LogP contribution in [0.1, 0.15) is 12.5 Å². The van der Waals surface area contributed by atoms with Crippen molar-refractivity contribution >= 4 is 11.7 Å². The first-order valence-electron chi connectivity index (χ1n) is 6.22. The van der Waals surface area contributed by atoms with Gasteiger partial charge in [0.15, 0.2) is 11.5 Å². The van der Waals surface area contributed by atoms with E-state index in [4.69, 9.17) is 14.2 Å². The van der Waals surface area contributed by atoms with Crippen LogP contribution in [0.5, 0.6) is 11.5 Å². The number of nitro benzene ring substituents is 1. The fourth-order valence-electron chi connectivity index (χ4n) is 2.18. The monoisotopic (exact) mass is 281 g/mol. The average molecular weight is 281 g/mol. The Morgan fingerprint density at radius 3 is 2.90 bits per heavy atom. The van der Waals surface area contributed by atoms with E-state index >= 15 is 0 Å². The number of nitrogens with zero attached hydrogens (tertiary/aromatic N) is 1. The van der Waals surface area contributed by atoms with Crippen molar-refractivity contribution in [2.75, 3.05) is 20.3 Å². The number of hydrogen-bond acceptors (Lipinski definition) is 6. The van der Waals surface area contributed by atoms with Gasteiger partial charge < -0.3 is 14.2 Å². The molecule has 108 valence electrons. The Balaban J connectivity index is 2.38. The molecular weight excluding hydrogens is 266 g/mol. The standard InChI is InChI=1S/C13H15NO6/c1-3-19-13(15)8-6-9-10(14(16)17)4-5-11(18-2)12(9)20-7-8/h4-5,8H,3,6-7H2,1-2H3. The number of carbonyl (C=O) groups excluding carboxylic acids is 1. The molecule has 7 heteroatoms. The first kappa shape index (κ1) is 14.1. The average Bonchev–Trinajstić information content (AvgIpc) is 2.45. The molecule has 7 nitrogen and oxygen atoms in total. The molecule has 0 bridgehead atoms. The van der Waals surface area contributed by atoms with Gasteiger partial charge in [0.1, 0.15) is 6.61 Å². The Morgan fingerprint density at radius 1 is 1.55 bits per heavy atom. The van der Waals surface area contributed by atoms with Crippen LogP contribution in [0.2, 0.25) is 0 Å². The number of ether oxygens (including phenoxy) is 3. The van der Waals surface area contributed by atoms with Crippen LogP contribution in [-0.4, -0.2) is 31.2 Å². The quantitative estimate of drug-likeness (QED) is 0.474. The molecule has 1 aromatic carbocycles. The number of esters is 1. The highest BCUT2D eigenvalue weighted by molar-refractivity contribution is 5.74. The molecule has 0 radical (unpaired) electrons. The zero-order chi connectivity index (χ0) is 14.7. The van der Waals surface area contributed by atoms with Crippen molar-refractivity contribution < 1.29 is 23.9 Å². The van der Waals surface area contributed by atoms with E-state index in [9.17, 15) is 14.9 Å². The molecule has 0 aliphatic carbocycles. The van der Waals surface area contributed by atoms with Crippen LogP contribution in [0, 0.1) is 16.0 Å². The molecule has 1 heterocycles. The van der Waals surface area contributed by atoms with Gasteiger partial charge in [-0.05, 0) is 19.4 Å². The fraction of sp³-hybridized carbons (Fsp3) is 0.462. The molecule has 2 rings (SSSR count). The van der Waals surface area contributed by atoms with Gasteiger partial charge in [0, 0.05) is 6.07 Å². The van der Waals surface area contributed by atoms with Gasteiger partial charge in [0.2, 0.25) is 0 Å². The minimum atomic E-state index is -0.534. The molecule has 0 fully saturated rings. The highest BCUT2D eigenvalue weighted by Crippen LogP contribution is 2.41. The van der Waals surface area contributed by atoms with E-state index in [2.05, 4.69) is 0 Å². The van der Waals surface area contributed by atoms with Gasteiger partial charge in [-0.2, -0.15) is 0 Å². The second-order valence-electron chi connectivity index (χ2n) is 4.32. The summed E-state index contributed by atoms with van der Waals surface area (Å²) < 4.78 is 15.5. The number of benzene rings is 1. The molecule has 1 aromatic rings. The summed E-state index contributed by atoms with van der Waals surface area (Å²) in [5.74, 6) is -0.182. The number of methoxy groups -OCH3 is 1. The minimum absolute atomic E-state index is 0.0743. The van der Waals surface area contributed by atoms with Gasteiger partial charge in [0.05, 0.1) is 30.1 Å². The first-order chi connectivity index (χ1) is 9.58. The molecule has 1 aliphatic rings. The minimum Gasteiger partial charge on any atom is -0.493 e. The summed E-state index contributed by atoms with van der Waals surface area (Å²) in [7, 11) is 1.46. The Bertz CT molecular complexity index is 542. The maximum atomic E-state index is 11.7. The summed E-state index contributed by atoms with van der Waals surface area (Å²) in [6.45, 7) is 2.10. The number of hydrogen-bond donors (Lipinski definition) is 0. The molecule has 1 unspecified atom stereocenters. The second-order valence-corrected chi connectivity index (χ2v) is 4.32. The normalized spacial score (nSPS) is 16.8. The number of carbonyl (C=O) groups is 1. The summed E-state index contributed by atoms with van der Waals surface area (Å²) in [5.41, 5.74) is 0.299. The van der Waals surface area contributed by atoms with Crippen LogP contribution < -0.4 is 9.47 Å². The molecular formula is C13H15NO6. The van der Waals surface area contributed by atoms with Gasteiger partial charge in [0.25, 0.3) is 5.69 Å². The predicted octanol–water partition coefficient (Wildman–Crippen LogP) is 1.72. The van der Waals surface area contributed by atoms with Gasteiger partial charge in [-0.1, -0.05) is 0 Å². The van der Waals surface area contributed by atoms with Crippen LogP contribution in [0.3, 0.4) is 0 Å². The molecule has 0 aromatic heterocycles. The Morgan fingerprint density at radius 2 is 2.30 bits per heavy atom. The van der Waals surface area contributed by atoms with Gasteiger partial charge in [-0.15, -0.1) is 0 Å². The van der Waals surface area contributed by atoms with Crippen LogP contribution in [0.4, 0.5) is 5.69 Å². The molecule has 0 spiro atoms. The van der Waals surface area contributed by atoms with E-state index in [0.29, 0.717) is 17.1 Å². The van der Waals surface area contributed by atoms with E-state index in [1.807, 2.05) is 0 Å². The second kappa shape index (κ2) is 5.77. The largest absolute Gasteiger partial charge is 0.493 e. The highest BCUT2D eigenvalue weighted by atomic mass is 16.6. The van der Waals surface area contributed by atoms with Gasteiger partial charge >= 0.3 is 5.97 Å². The van der Waals surface area contributed by atoms with Gasteiger partial charge in [-0.25, -0.2) is 0 Å². The van der Waals surface area contributed by atoms with Crippen LogP contribution in [0.15, 0.2) is 12.1 Å². The van der Waals surface area contributed by atoms with E-state index < -0.39 is 16.8 Å². The molecule has 0 saturated heterocycles. The van der Waals surface area contributed by atoms with E-state index in [1.54, 1.807) is 6.92 Å². The third-order valence-corrected chi connectivity index (χ3v) is 3.12. The summed E-state index contributed by atoms with van der Waals surface area (Å²) >= 11 is 0. The summed E-state index contributed by atoms with van der Waals surface area (Å²) in [4.78, 5) is 22.3. The maximum absolute atomic E-state index is 11.7. The Hall–Kier alpha value is -2.31. The van der Waals surface area contributed by atoms with Crippen molar-refractivity contribution in [1.82, 2.24) is 0 Å². The third kappa shape index (κ3) is 2.52. The van der Waals surface area contributed by atoms with Crippen molar-refractivity contribution in [3.63, 3.8) is 0 Å². The SMILES string of the molecule is CCOC(=O)C1COc2c(OC)ccc([N+](=O)[O-])c2C1. The molecule has 0 amide bonds. The third-order valence-electron chi connectivity index (χ3n) is 3.12. The summed E-state index contributed by atoms with van der Waals surface area (Å²) in [6, 6.07) is 2.84. The van der Waals surface area contributed by atoms with Crippen LogP contribution >= 0.6 is 0 Å². The Kier molecular flexibility index (Phi) is 4.07. The number of nitro groups is 1. The zero-order valence-corrected chi connectivity index (χ0v) is 11.3. The lowest BCUT2D eigenvalue weighted by Crippen LogP contribution is -2.30. The molecule has 1 aliphatic heterocycles. The van der Waals surface area contributed by atoms with E-state index in [-0.39, 0.29) is 25.3 Å². The lowest BCUT2D eigenvalue weighted by molar-refractivity contribution is -0.385. The lowest BCUT2D eigenvalue weighted by Gasteiger charge is -2.24. The smallest absolute Gasteiger partial charge is 0.312 e. The molecule has 1 atom stereocenters. The highest BCUT2D eigenvalue weighted by Gasteiger charge is 2.34. The summed E-state index contributed by atoms with van der Waals surface area (Å²) in [6.07, 6.45) is 0.210. The van der Waals surface area contributed by atoms with Crippen molar-refractivity contribution in [2.45, 2.75) is 13.3 Å². The van der Waals surface area contributed by atoms with E-state index in [0.717, 1.165) is 0 Å². The van der Waals surface area contributed by atoms with Crippen molar-refractivity contribution in [3.05, 3.63) is 27.8 Å². The van der Waals surface area contributed by atoms with Crippen molar-refractivity contribution in [1.29, 1.82) is 0 Å². The van der Waals surface area contributed by atoms with E-state index in [1.165, 1.54) is 19.2 Å².